The molecule has 0 aliphatic heterocycles. The van der Waals surface area contributed by atoms with Crippen molar-refractivity contribution in [1.82, 2.24) is 10.3 Å². The highest BCUT2D eigenvalue weighted by molar-refractivity contribution is 6.03. The van der Waals surface area contributed by atoms with Gasteiger partial charge >= 0.3 is 5.97 Å². The number of carboxylic acid groups (broad SMARTS) is 1. The van der Waals surface area contributed by atoms with Crippen LogP contribution in [0.5, 0.6) is 0 Å². The number of rotatable bonds is 7. The Morgan fingerprint density at radius 1 is 1.29 bits per heavy atom. The van der Waals surface area contributed by atoms with Crippen molar-refractivity contribution in [2.75, 3.05) is 0 Å². The van der Waals surface area contributed by atoms with Crippen LogP contribution in [0.4, 0.5) is 0 Å². The largest absolute Gasteiger partial charge is 0.480 e. The summed E-state index contributed by atoms with van der Waals surface area (Å²) in [7, 11) is 0. The molecule has 0 saturated carbocycles. The number of aromatic amines is 1. The summed E-state index contributed by atoms with van der Waals surface area (Å²) in [5.41, 5.74) is 2.13. The molecule has 1 aromatic heterocycles. The summed E-state index contributed by atoms with van der Waals surface area (Å²) in [5, 5.41) is 11.5. The number of ketones is 1. The van der Waals surface area contributed by atoms with Crippen LogP contribution in [0.15, 0.2) is 0 Å². The molecule has 1 rings (SSSR count). The second-order valence-electron chi connectivity index (χ2n) is 5.06. The molecule has 0 aliphatic carbocycles. The van der Waals surface area contributed by atoms with Crippen LogP contribution in [0.3, 0.4) is 0 Å². The minimum absolute atomic E-state index is 0.100. The molecule has 6 nitrogen and oxygen atoms in total. The Kier molecular flexibility index (Phi) is 5.69. The van der Waals surface area contributed by atoms with E-state index in [1.165, 1.54) is 6.92 Å². The normalized spacial score (nSPS) is 12.0. The van der Waals surface area contributed by atoms with Crippen molar-refractivity contribution < 1.29 is 19.5 Å². The zero-order valence-corrected chi connectivity index (χ0v) is 12.9. The lowest BCUT2D eigenvalue weighted by Crippen LogP contribution is -2.40. The molecular weight excluding hydrogens is 272 g/mol. The molecule has 0 aliphatic rings. The lowest BCUT2D eigenvalue weighted by molar-refractivity contribution is -0.139. The summed E-state index contributed by atoms with van der Waals surface area (Å²) in [4.78, 5) is 38.0. The van der Waals surface area contributed by atoms with Crippen LogP contribution < -0.4 is 5.32 Å². The van der Waals surface area contributed by atoms with Gasteiger partial charge in [-0.05, 0) is 32.3 Å². The number of carbonyl (C=O) groups is 3. The molecule has 0 saturated heterocycles. The minimum atomic E-state index is -1.07. The van der Waals surface area contributed by atoms with Crippen LogP contribution in [0.1, 0.15) is 65.7 Å². The third-order valence-electron chi connectivity index (χ3n) is 3.38. The first-order valence-corrected chi connectivity index (χ1v) is 7.09. The summed E-state index contributed by atoms with van der Waals surface area (Å²) < 4.78 is 0. The number of Topliss-reactive ketones (excluding diaryl/α,β-unsaturated/α-hetero) is 1. The fraction of sp³-hybridized carbons (Fsp3) is 0.533. The fourth-order valence-electron chi connectivity index (χ4n) is 2.42. The Morgan fingerprint density at radius 2 is 1.90 bits per heavy atom. The number of aliphatic carboxylic acids is 1. The van der Waals surface area contributed by atoms with Crippen molar-refractivity contribution in [3.05, 3.63) is 22.5 Å². The number of H-pyrrole nitrogens is 1. The molecule has 1 atom stereocenters. The Bertz CT molecular complexity index is 560. The molecule has 6 heteroatoms. The molecule has 1 aromatic rings. The molecule has 3 N–H and O–H groups in total. The van der Waals surface area contributed by atoms with Gasteiger partial charge in [-0.2, -0.15) is 0 Å². The first-order valence-electron chi connectivity index (χ1n) is 7.09. The fourth-order valence-corrected chi connectivity index (χ4v) is 2.42. The molecular formula is C15H22N2O4. The Labute approximate surface area is 123 Å². The van der Waals surface area contributed by atoms with E-state index in [9.17, 15) is 14.4 Å². The zero-order valence-electron chi connectivity index (χ0n) is 12.9. The summed E-state index contributed by atoms with van der Waals surface area (Å²) in [6, 6.07) is -0.934. The number of carbonyl (C=O) groups excluding carboxylic acids is 2. The van der Waals surface area contributed by atoms with Gasteiger partial charge in [-0.15, -0.1) is 0 Å². The van der Waals surface area contributed by atoms with Crippen molar-refractivity contribution in [3.63, 3.8) is 0 Å². The van der Waals surface area contributed by atoms with Crippen molar-refractivity contribution >= 4 is 17.7 Å². The number of aromatic nitrogens is 1. The van der Waals surface area contributed by atoms with E-state index in [4.69, 9.17) is 5.11 Å². The van der Waals surface area contributed by atoms with Gasteiger partial charge in [-0.1, -0.05) is 20.3 Å². The molecule has 0 aromatic carbocycles. The van der Waals surface area contributed by atoms with Gasteiger partial charge in [0, 0.05) is 11.3 Å². The van der Waals surface area contributed by atoms with E-state index in [0.717, 1.165) is 6.42 Å². The number of carboxylic acids is 1. The van der Waals surface area contributed by atoms with E-state index < -0.39 is 17.9 Å². The molecule has 1 heterocycles. The van der Waals surface area contributed by atoms with Gasteiger partial charge in [-0.3, -0.25) is 9.59 Å². The molecule has 21 heavy (non-hydrogen) atoms. The number of aryl methyl sites for hydroxylation is 1. The third kappa shape index (κ3) is 3.71. The van der Waals surface area contributed by atoms with Crippen molar-refractivity contribution in [1.29, 1.82) is 0 Å². The molecule has 0 bridgehead atoms. The first kappa shape index (κ1) is 16.9. The summed E-state index contributed by atoms with van der Waals surface area (Å²) >= 11 is 0. The van der Waals surface area contributed by atoms with Gasteiger partial charge in [0.1, 0.15) is 11.7 Å². The van der Waals surface area contributed by atoms with E-state index in [1.807, 2.05) is 6.92 Å². The maximum Gasteiger partial charge on any atom is 0.326 e. The predicted octanol–water partition coefficient (Wildman–Crippen LogP) is 2.07. The second-order valence-corrected chi connectivity index (χ2v) is 5.06. The van der Waals surface area contributed by atoms with E-state index in [1.54, 1.807) is 13.8 Å². The van der Waals surface area contributed by atoms with Gasteiger partial charge in [0.15, 0.2) is 5.78 Å². The van der Waals surface area contributed by atoms with E-state index in [-0.39, 0.29) is 5.78 Å². The van der Waals surface area contributed by atoms with Crippen LogP contribution in [0.25, 0.3) is 0 Å². The summed E-state index contributed by atoms with van der Waals surface area (Å²) in [5.74, 6) is -1.65. The summed E-state index contributed by atoms with van der Waals surface area (Å²) in [6.07, 6.45) is 1.67. The maximum atomic E-state index is 12.3. The summed E-state index contributed by atoms with van der Waals surface area (Å²) in [6.45, 7) is 6.84. The van der Waals surface area contributed by atoms with Crippen molar-refractivity contribution in [2.24, 2.45) is 0 Å². The van der Waals surface area contributed by atoms with Gasteiger partial charge in [0.2, 0.25) is 0 Å². The van der Waals surface area contributed by atoms with E-state index in [0.29, 0.717) is 35.4 Å². The number of amides is 1. The Balaban J connectivity index is 3.17. The second kappa shape index (κ2) is 7.06. The maximum absolute atomic E-state index is 12.3. The Morgan fingerprint density at radius 3 is 2.33 bits per heavy atom. The highest BCUT2D eigenvalue weighted by Gasteiger charge is 2.25. The highest BCUT2D eigenvalue weighted by atomic mass is 16.4. The molecule has 1 amide bonds. The Hall–Kier alpha value is -2.11. The third-order valence-corrected chi connectivity index (χ3v) is 3.38. The van der Waals surface area contributed by atoms with Gasteiger partial charge in [-0.25, -0.2) is 4.79 Å². The number of nitrogens with one attached hydrogen (secondary N) is 2. The molecule has 1 unspecified atom stereocenters. The van der Waals surface area contributed by atoms with Crippen LogP contribution >= 0.6 is 0 Å². The van der Waals surface area contributed by atoms with Crippen molar-refractivity contribution in [3.8, 4) is 0 Å². The van der Waals surface area contributed by atoms with Crippen LogP contribution in [0.2, 0.25) is 0 Å². The standard InChI is InChI=1S/C15H22N2O4/c1-5-7-10-12(9(4)18)8(3)16-13(10)14(19)17-11(6-2)15(20)21/h11,16H,5-7H2,1-4H3,(H,17,19)(H,20,21). The number of hydrogen-bond acceptors (Lipinski definition) is 3. The SMILES string of the molecule is CCCc1c(C(=O)NC(CC)C(=O)O)[nH]c(C)c1C(C)=O. The van der Waals surface area contributed by atoms with Crippen molar-refractivity contribution in [2.45, 2.75) is 53.0 Å². The van der Waals surface area contributed by atoms with Crippen LogP contribution in [-0.2, 0) is 11.2 Å². The van der Waals surface area contributed by atoms with E-state index in [2.05, 4.69) is 10.3 Å². The van der Waals surface area contributed by atoms with Crippen LogP contribution in [0, 0.1) is 6.92 Å². The van der Waals surface area contributed by atoms with Crippen LogP contribution in [-0.4, -0.2) is 33.8 Å². The average Bonchev–Trinajstić information content (AvgIpc) is 2.72. The topological polar surface area (TPSA) is 99.3 Å². The van der Waals surface area contributed by atoms with E-state index >= 15 is 0 Å². The molecule has 0 fully saturated rings. The zero-order chi connectivity index (χ0) is 16.2. The number of hydrogen-bond donors (Lipinski definition) is 3. The molecule has 0 radical (unpaired) electrons. The highest BCUT2D eigenvalue weighted by Crippen LogP contribution is 2.21. The minimum Gasteiger partial charge on any atom is -0.480 e. The quantitative estimate of drug-likeness (QED) is 0.670. The van der Waals surface area contributed by atoms with Gasteiger partial charge in [0.05, 0.1) is 0 Å². The molecule has 116 valence electrons. The average molecular weight is 294 g/mol. The lowest BCUT2D eigenvalue weighted by Gasteiger charge is -2.12. The van der Waals surface area contributed by atoms with Gasteiger partial charge < -0.3 is 15.4 Å². The smallest absolute Gasteiger partial charge is 0.326 e. The molecule has 0 spiro atoms. The van der Waals surface area contributed by atoms with Gasteiger partial charge in [0.25, 0.3) is 5.91 Å². The predicted molar refractivity (Wildman–Crippen MR) is 78.7 cm³/mol. The first-order chi connectivity index (χ1) is 9.83. The monoisotopic (exact) mass is 294 g/mol. The lowest BCUT2D eigenvalue weighted by atomic mass is 10.0.